The van der Waals surface area contributed by atoms with E-state index >= 15 is 0 Å². The van der Waals surface area contributed by atoms with Crippen molar-refractivity contribution in [2.24, 2.45) is 0 Å². The minimum absolute atomic E-state index is 0.663. The summed E-state index contributed by atoms with van der Waals surface area (Å²) in [7, 11) is 1.60. The summed E-state index contributed by atoms with van der Waals surface area (Å²) in [5.41, 5.74) is 1.22. The van der Waals surface area contributed by atoms with Gasteiger partial charge in [0.1, 0.15) is 11.4 Å². The predicted octanol–water partition coefficient (Wildman–Crippen LogP) is 3.50. The fraction of sp³-hybridized carbons (Fsp3) is 0.167. The average Bonchev–Trinajstić information content (AvgIpc) is 2.54. The molecule has 1 aromatic heterocycles. The highest BCUT2D eigenvalue weighted by atomic mass is 16.5. The Labute approximate surface area is 123 Å². The molecular weight excluding hydrogens is 262 g/mol. The minimum atomic E-state index is -1.16. The number of fused-ring (bicyclic) bond motifs is 1. The van der Waals surface area contributed by atoms with Crippen LogP contribution in [0.15, 0.2) is 60.8 Å². The molecule has 106 valence electrons. The molecule has 0 fully saturated rings. The van der Waals surface area contributed by atoms with Gasteiger partial charge in [0.2, 0.25) is 0 Å². The molecule has 1 unspecified atom stereocenters. The summed E-state index contributed by atoms with van der Waals surface area (Å²) < 4.78 is 5.36. The van der Waals surface area contributed by atoms with Crippen molar-refractivity contribution in [3.8, 4) is 5.75 Å². The van der Waals surface area contributed by atoms with Crippen LogP contribution < -0.4 is 4.74 Å². The number of rotatable bonds is 3. The lowest BCUT2D eigenvalue weighted by Crippen LogP contribution is -2.23. The molecular formula is C18H17NO2. The lowest BCUT2D eigenvalue weighted by molar-refractivity contribution is 0.0987. The highest BCUT2D eigenvalue weighted by Gasteiger charge is 2.29. The molecule has 0 spiro atoms. The van der Waals surface area contributed by atoms with Crippen LogP contribution in [0, 0.1) is 0 Å². The third-order valence-electron chi connectivity index (χ3n) is 3.78. The molecule has 3 rings (SSSR count). The second kappa shape index (κ2) is 5.19. The maximum Gasteiger partial charge on any atom is 0.125 e. The highest BCUT2D eigenvalue weighted by Crippen LogP contribution is 2.35. The fourth-order valence-electron chi connectivity index (χ4n) is 2.54. The van der Waals surface area contributed by atoms with E-state index in [1.165, 1.54) is 0 Å². The van der Waals surface area contributed by atoms with E-state index in [1.807, 2.05) is 54.6 Å². The Hall–Kier alpha value is -2.39. The van der Waals surface area contributed by atoms with Gasteiger partial charge in [-0.15, -0.1) is 0 Å². The van der Waals surface area contributed by atoms with Crippen molar-refractivity contribution in [1.29, 1.82) is 0 Å². The van der Waals surface area contributed by atoms with Crippen LogP contribution in [-0.4, -0.2) is 17.2 Å². The first-order chi connectivity index (χ1) is 10.1. The largest absolute Gasteiger partial charge is 0.496 e. The van der Waals surface area contributed by atoms with E-state index in [9.17, 15) is 5.11 Å². The van der Waals surface area contributed by atoms with Gasteiger partial charge in [0.25, 0.3) is 0 Å². The molecule has 3 nitrogen and oxygen atoms in total. The number of hydrogen-bond donors (Lipinski definition) is 1. The van der Waals surface area contributed by atoms with Gasteiger partial charge in [-0.05, 0) is 25.1 Å². The summed E-state index contributed by atoms with van der Waals surface area (Å²) in [6.07, 6.45) is 1.72. The number of hydrogen-bond acceptors (Lipinski definition) is 3. The Balaban J connectivity index is 2.15. The zero-order valence-corrected chi connectivity index (χ0v) is 12.1. The van der Waals surface area contributed by atoms with Crippen molar-refractivity contribution >= 4 is 10.9 Å². The topological polar surface area (TPSA) is 42.4 Å². The summed E-state index contributed by atoms with van der Waals surface area (Å²) in [6, 6.07) is 17.3. The normalized spacial score (nSPS) is 13.9. The number of nitrogens with zero attached hydrogens (tertiary/aromatic N) is 1. The SMILES string of the molecule is COc1ccccc1C(C)(O)c1cnc2ccccc2c1. The Morgan fingerprint density at radius 3 is 2.57 bits per heavy atom. The van der Waals surface area contributed by atoms with E-state index in [2.05, 4.69) is 4.98 Å². The van der Waals surface area contributed by atoms with Crippen LogP contribution in [0.3, 0.4) is 0 Å². The van der Waals surface area contributed by atoms with E-state index in [-0.39, 0.29) is 0 Å². The molecule has 0 bridgehead atoms. The van der Waals surface area contributed by atoms with Crippen LogP contribution in [-0.2, 0) is 5.60 Å². The van der Waals surface area contributed by atoms with Gasteiger partial charge in [-0.3, -0.25) is 4.98 Å². The molecule has 0 saturated carbocycles. The number of pyridine rings is 1. The van der Waals surface area contributed by atoms with Crippen molar-refractivity contribution in [2.45, 2.75) is 12.5 Å². The smallest absolute Gasteiger partial charge is 0.125 e. The van der Waals surface area contributed by atoms with E-state index < -0.39 is 5.60 Å². The van der Waals surface area contributed by atoms with Gasteiger partial charge in [-0.2, -0.15) is 0 Å². The van der Waals surface area contributed by atoms with Gasteiger partial charge in [0.15, 0.2) is 0 Å². The standard InChI is InChI=1S/C18H17NO2/c1-18(20,15-8-4-6-10-17(15)21-2)14-11-13-7-3-5-9-16(13)19-12-14/h3-12,20H,1-2H3. The number of aromatic nitrogens is 1. The zero-order chi connectivity index (χ0) is 14.9. The van der Waals surface area contributed by atoms with Gasteiger partial charge in [0, 0.05) is 22.7 Å². The lowest BCUT2D eigenvalue weighted by atomic mass is 9.88. The molecule has 0 aliphatic heterocycles. The Morgan fingerprint density at radius 1 is 1.05 bits per heavy atom. The van der Waals surface area contributed by atoms with Crippen LogP contribution in [0.4, 0.5) is 0 Å². The molecule has 1 heterocycles. The van der Waals surface area contributed by atoms with Gasteiger partial charge < -0.3 is 9.84 Å². The van der Waals surface area contributed by atoms with Crippen molar-refractivity contribution < 1.29 is 9.84 Å². The number of para-hydroxylation sites is 2. The molecule has 3 heteroatoms. The third-order valence-corrected chi connectivity index (χ3v) is 3.78. The monoisotopic (exact) mass is 279 g/mol. The molecule has 2 aromatic carbocycles. The zero-order valence-electron chi connectivity index (χ0n) is 12.1. The van der Waals surface area contributed by atoms with Crippen molar-refractivity contribution in [3.63, 3.8) is 0 Å². The second-order valence-electron chi connectivity index (χ2n) is 5.19. The number of ether oxygens (including phenoxy) is 1. The first kappa shape index (κ1) is 13.6. The Morgan fingerprint density at radius 2 is 1.76 bits per heavy atom. The number of benzene rings is 2. The van der Waals surface area contributed by atoms with Crippen molar-refractivity contribution in [3.05, 3.63) is 71.9 Å². The summed E-state index contributed by atoms with van der Waals surface area (Å²) >= 11 is 0. The summed E-state index contributed by atoms with van der Waals surface area (Å²) in [4.78, 5) is 4.43. The first-order valence-corrected chi connectivity index (χ1v) is 6.84. The van der Waals surface area contributed by atoms with Crippen LogP contribution in [0.25, 0.3) is 10.9 Å². The summed E-state index contributed by atoms with van der Waals surface area (Å²) in [6.45, 7) is 1.76. The molecule has 21 heavy (non-hydrogen) atoms. The number of aliphatic hydroxyl groups is 1. The Bertz CT molecular complexity index is 781. The maximum absolute atomic E-state index is 11.0. The third kappa shape index (κ3) is 2.36. The molecule has 0 aliphatic carbocycles. The molecule has 0 radical (unpaired) electrons. The maximum atomic E-state index is 11.0. The van der Waals surface area contributed by atoms with E-state index in [4.69, 9.17) is 4.74 Å². The van der Waals surface area contributed by atoms with Gasteiger partial charge >= 0.3 is 0 Å². The van der Waals surface area contributed by atoms with E-state index in [1.54, 1.807) is 20.2 Å². The van der Waals surface area contributed by atoms with E-state index in [0.717, 1.165) is 22.0 Å². The fourth-order valence-corrected chi connectivity index (χ4v) is 2.54. The minimum Gasteiger partial charge on any atom is -0.496 e. The van der Waals surface area contributed by atoms with E-state index in [0.29, 0.717) is 5.75 Å². The van der Waals surface area contributed by atoms with Crippen LogP contribution in [0.1, 0.15) is 18.1 Å². The molecule has 3 aromatic rings. The van der Waals surface area contributed by atoms with Crippen LogP contribution >= 0.6 is 0 Å². The molecule has 0 aliphatic rings. The van der Waals surface area contributed by atoms with Crippen LogP contribution in [0.2, 0.25) is 0 Å². The molecule has 1 atom stereocenters. The quantitative estimate of drug-likeness (QED) is 0.798. The molecule has 0 amide bonds. The second-order valence-corrected chi connectivity index (χ2v) is 5.19. The van der Waals surface area contributed by atoms with Gasteiger partial charge in [0.05, 0.1) is 12.6 Å². The van der Waals surface area contributed by atoms with Gasteiger partial charge in [-0.25, -0.2) is 0 Å². The lowest BCUT2D eigenvalue weighted by Gasteiger charge is -2.26. The number of methoxy groups -OCH3 is 1. The average molecular weight is 279 g/mol. The summed E-state index contributed by atoms with van der Waals surface area (Å²) in [5.74, 6) is 0.663. The van der Waals surface area contributed by atoms with Crippen molar-refractivity contribution in [2.75, 3.05) is 7.11 Å². The summed E-state index contributed by atoms with van der Waals surface area (Å²) in [5, 5.41) is 12.0. The predicted molar refractivity (Wildman–Crippen MR) is 83.4 cm³/mol. The highest BCUT2D eigenvalue weighted by molar-refractivity contribution is 5.79. The molecule has 1 N–H and O–H groups in total. The van der Waals surface area contributed by atoms with Crippen molar-refractivity contribution in [1.82, 2.24) is 4.98 Å². The van der Waals surface area contributed by atoms with Crippen LogP contribution in [0.5, 0.6) is 5.75 Å². The first-order valence-electron chi connectivity index (χ1n) is 6.84. The molecule has 0 saturated heterocycles. The van der Waals surface area contributed by atoms with Gasteiger partial charge in [-0.1, -0.05) is 36.4 Å². The Kier molecular flexibility index (Phi) is 3.35.